The van der Waals surface area contributed by atoms with Crippen LogP contribution in [-0.2, 0) is 0 Å². The number of hydrogen-bond acceptors (Lipinski definition) is 2. The molecule has 0 unspecified atom stereocenters. The molecule has 13 rings (SSSR count). The third-order valence-corrected chi connectivity index (χ3v) is 14.5. The molecule has 2 nitrogen and oxygen atoms in total. The molecule has 0 saturated carbocycles. The second-order valence-corrected chi connectivity index (χ2v) is 18.4. The van der Waals surface area contributed by atoms with Gasteiger partial charge in [0, 0.05) is 53.7 Å². The summed E-state index contributed by atoms with van der Waals surface area (Å²) in [7, 11) is 0. The van der Waals surface area contributed by atoms with Gasteiger partial charge >= 0.3 is 0 Å². The molecule has 11 aromatic carbocycles. The van der Waals surface area contributed by atoms with Crippen molar-refractivity contribution < 1.29 is 0 Å². The van der Waals surface area contributed by atoms with E-state index in [4.69, 9.17) is 0 Å². The van der Waals surface area contributed by atoms with Gasteiger partial charge in [0.1, 0.15) is 0 Å². The van der Waals surface area contributed by atoms with Crippen LogP contribution in [0.3, 0.4) is 0 Å². The van der Waals surface area contributed by atoms with E-state index in [0.717, 1.165) is 22.7 Å². The van der Waals surface area contributed by atoms with E-state index >= 15 is 0 Å². The maximum absolute atomic E-state index is 2.39. The van der Waals surface area contributed by atoms with Gasteiger partial charge in [0.2, 0.25) is 0 Å². The minimum atomic E-state index is 1.09. The Morgan fingerprint density at radius 3 is 1.39 bits per heavy atom. The lowest BCUT2D eigenvalue weighted by Gasteiger charge is -2.26. The topological polar surface area (TPSA) is 8.17 Å². The number of nitrogens with zero attached hydrogens (tertiary/aromatic N) is 2. The summed E-state index contributed by atoms with van der Waals surface area (Å²) < 4.78 is 5.02. The molecular weight excluding hydrogens is 829 g/mol. The fourth-order valence-corrected chi connectivity index (χ4v) is 11.4. The predicted molar refractivity (Wildman–Crippen MR) is 288 cm³/mol. The van der Waals surface area contributed by atoms with E-state index in [1.54, 1.807) is 0 Å². The van der Waals surface area contributed by atoms with Crippen molar-refractivity contribution in [1.29, 1.82) is 0 Å². The standard InChI is InChI=1S/C64H42N2S/c1-2-13-45(14-3-1)54-22-11-15-47-16-12-23-55(64(47)54)46-31-38-52(39-32-46)65(51-36-29-44(30-37-51)49-33-40-59-58-21-6-9-26-62(58)67-63(59)42-49)50-34-27-43(28-35-50)48-17-10-18-53(41-48)66-60-24-7-4-19-56(60)57-20-5-8-25-61(57)66/h1-42H. The first-order valence-electron chi connectivity index (χ1n) is 22.9. The second-order valence-electron chi connectivity index (χ2n) is 17.3. The van der Waals surface area contributed by atoms with Crippen LogP contribution < -0.4 is 4.90 Å². The van der Waals surface area contributed by atoms with E-state index in [2.05, 4.69) is 264 Å². The van der Waals surface area contributed by atoms with Gasteiger partial charge in [-0.3, -0.25) is 0 Å². The van der Waals surface area contributed by atoms with Crippen molar-refractivity contribution in [2.45, 2.75) is 0 Å². The molecule has 0 fully saturated rings. The van der Waals surface area contributed by atoms with Crippen LogP contribution >= 0.6 is 11.3 Å². The van der Waals surface area contributed by atoms with Crippen LogP contribution in [0.5, 0.6) is 0 Å². The summed E-state index contributed by atoms with van der Waals surface area (Å²) in [5, 5.41) is 7.67. The smallest absolute Gasteiger partial charge is 0.0541 e. The van der Waals surface area contributed by atoms with Crippen molar-refractivity contribution in [3.8, 4) is 50.2 Å². The average Bonchev–Trinajstić information content (AvgIpc) is 3.95. The molecule has 67 heavy (non-hydrogen) atoms. The highest BCUT2D eigenvalue weighted by molar-refractivity contribution is 7.25. The Labute approximate surface area is 393 Å². The summed E-state index contributed by atoms with van der Waals surface area (Å²) in [5.74, 6) is 0. The van der Waals surface area contributed by atoms with Crippen LogP contribution in [0.15, 0.2) is 255 Å². The highest BCUT2D eigenvalue weighted by Crippen LogP contribution is 2.42. The second kappa shape index (κ2) is 16.2. The van der Waals surface area contributed by atoms with Gasteiger partial charge in [0.15, 0.2) is 0 Å². The molecule has 0 N–H and O–H groups in total. The Morgan fingerprint density at radius 1 is 0.299 bits per heavy atom. The molecular formula is C64H42N2S. The Balaban J connectivity index is 0.887. The van der Waals surface area contributed by atoms with Crippen molar-refractivity contribution >= 4 is 81.1 Å². The molecule has 0 aliphatic carbocycles. The molecule has 0 radical (unpaired) electrons. The summed E-state index contributed by atoms with van der Waals surface area (Å²) >= 11 is 1.86. The van der Waals surface area contributed by atoms with Gasteiger partial charge in [0.25, 0.3) is 0 Å². The number of anilines is 3. The van der Waals surface area contributed by atoms with E-state index in [1.165, 1.54) is 97.3 Å². The molecule has 2 heterocycles. The summed E-state index contributed by atoms with van der Waals surface area (Å²) in [5.41, 5.74) is 16.5. The number of thiophene rings is 1. The highest BCUT2D eigenvalue weighted by Gasteiger charge is 2.17. The molecule has 0 bridgehead atoms. The zero-order valence-electron chi connectivity index (χ0n) is 36.6. The van der Waals surface area contributed by atoms with Crippen LogP contribution in [-0.4, -0.2) is 4.57 Å². The van der Waals surface area contributed by atoms with Gasteiger partial charge < -0.3 is 9.47 Å². The number of benzene rings is 11. The Morgan fingerprint density at radius 2 is 0.761 bits per heavy atom. The lowest BCUT2D eigenvalue weighted by Crippen LogP contribution is -2.09. The lowest BCUT2D eigenvalue weighted by molar-refractivity contribution is 1.18. The van der Waals surface area contributed by atoms with Crippen molar-refractivity contribution in [2.24, 2.45) is 0 Å². The normalized spacial score (nSPS) is 11.6. The molecule has 0 saturated heterocycles. The van der Waals surface area contributed by atoms with E-state index in [0.29, 0.717) is 0 Å². The maximum Gasteiger partial charge on any atom is 0.0541 e. The molecule has 0 spiro atoms. The van der Waals surface area contributed by atoms with Crippen molar-refractivity contribution in [3.63, 3.8) is 0 Å². The molecule has 2 aromatic heterocycles. The van der Waals surface area contributed by atoms with Gasteiger partial charge in [-0.1, -0.05) is 182 Å². The van der Waals surface area contributed by atoms with Gasteiger partial charge in [-0.2, -0.15) is 0 Å². The molecule has 314 valence electrons. The monoisotopic (exact) mass is 870 g/mol. The molecule has 0 aliphatic rings. The van der Waals surface area contributed by atoms with Gasteiger partial charge in [0.05, 0.1) is 11.0 Å². The van der Waals surface area contributed by atoms with Crippen molar-refractivity contribution in [2.75, 3.05) is 4.90 Å². The number of aromatic nitrogens is 1. The molecule has 0 aliphatic heterocycles. The summed E-state index contributed by atoms with van der Waals surface area (Å²) in [6.45, 7) is 0. The van der Waals surface area contributed by atoms with Crippen LogP contribution in [0.4, 0.5) is 17.1 Å². The fraction of sp³-hybridized carbons (Fsp3) is 0. The number of hydrogen-bond donors (Lipinski definition) is 0. The SMILES string of the molecule is c1ccc(-c2cccc3cccc(-c4ccc(N(c5ccc(-c6cccc(-n7c8ccccc8c8ccccc87)c6)cc5)c5ccc(-c6ccc7c(c6)sc6ccccc67)cc5)cc4)c23)cc1. The first kappa shape index (κ1) is 38.9. The predicted octanol–water partition coefficient (Wildman–Crippen LogP) is 18.4. The number of fused-ring (bicyclic) bond motifs is 7. The summed E-state index contributed by atoms with van der Waals surface area (Å²) in [6, 6.07) is 93.1. The van der Waals surface area contributed by atoms with Crippen molar-refractivity contribution in [3.05, 3.63) is 255 Å². The largest absolute Gasteiger partial charge is 0.311 e. The minimum absolute atomic E-state index is 1.09. The van der Waals surface area contributed by atoms with Crippen molar-refractivity contribution in [1.82, 2.24) is 4.57 Å². The zero-order valence-corrected chi connectivity index (χ0v) is 37.4. The van der Waals surface area contributed by atoms with E-state index in [1.807, 2.05) is 11.3 Å². The van der Waals surface area contributed by atoms with Crippen LogP contribution in [0, 0.1) is 0 Å². The van der Waals surface area contributed by atoms with E-state index < -0.39 is 0 Å². The van der Waals surface area contributed by atoms with Crippen LogP contribution in [0.25, 0.3) is 103 Å². The number of para-hydroxylation sites is 2. The summed E-state index contributed by atoms with van der Waals surface area (Å²) in [4.78, 5) is 2.37. The van der Waals surface area contributed by atoms with Crippen LogP contribution in [0.1, 0.15) is 0 Å². The zero-order chi connectivity index (χ0) is 44.3. The first-order valence-corrected chi connectivity index (χ1v) is 23.7. The molecule has 3 heteroatoms. The minimum Gasteiger partial charge on any atom is -0.311 e. The first-order chi connectivity index (χ1) is 33.2. The quantitative estimate of drug-likeness (QED) is 0.148. The summed E-state index contributed by atoms with van der Waals surface area (Å²) in [6.07, 6.45) is 0. The van der Waals surface area contributed by atoms with Gasteiger partial charge in [-0.25, -0.2) is 0 Å². The third kappa shape index (κ3) is 6.79. The Kier molecular flexibility index (Phi) is 9.40. The van der Waals surface area contributed by atoms with E-state index in [9.17, 15) is 0 Å². The Bertz CT molecular complexity index is 3900. The van der Waals surface area contributed by atoms with E-state index in [-0.39, 0.29) is 0 Å². The molecule has 0 atom stereocenters. The lowest BCUT2D eigenvalue weighted by atomic mass is 9.91. The maximum atomic E-state index is 2.39. The highest BCUT2D eigenvalue weighted by atomic mass is 32.1. The molecule has 13 aromatic rings. The average molecular weight is 871 g/mol. The van der Waals surface area contributed by atoms with Gasteiger partial charge in [-0.05, 0) is 128 Å². The van der Waals surface area contributed by atoms with Gasteiger partial charge in [-0.15, -0.1) is 11.3 Å². The Hall–Kier alpha value is -8.50. The third-order valence-electron chi connectivity index (χ3n) is 13.4. The fourth-order valence-electron chi connectivity index (χ4n) is 10.2. The van der Waals surface area contributed by atoms with Crippen LogP contribution in [0.2, 0.25) is 0 Å². The number of rotatable bonds is 8. The molecule has 0 amide bonds.